The van der Waals surface area contributed by atoms with Crippen molar-refractivity contribution in [2.24, 2.45) is 0 Å². The fourth-order valence-electron chi connectivity index (χ4n) is 1.47. The molecule has 0 radical (unpaired) electrons. The Bertz CT molecular complexity index is 651. The van der Waals surface area contributed by atoms with E-state index in [2.05, 4.69) is 15.9 Å². The number of rotatable bonds is 4. The Labute approximate surface area is 109 Å². The summed E-state index contributed by atoms with van der Waals surface area (Å²) < 4.78 is 10.1. The quantitative estimate of drug-likeness (QED) is 0.492. The topological polar surface area (TPSA) is 82.6 Å². The number of halogens is 1. The normalized spacial score (nSPS) is 10.5. The van der Waals surface area contributed by atoms with E-state index in [-0.39, 0.29) is 17.0 Å². The van der Waals surface area contributed by atoms with Gasteiger partial charge in [0.15, 0.2) is 0 Å². The van der Waals surface area contributed by atoms with Crippen LogP contribution in [0.3, 0.4) is 0 Å². The minimum Gasteiger partial charge on any atom is -0.464 e. The molecule has 1 heterocycles. The van der Waals surface area contributed by atoms with Crippen LogP contribution in [0.4, 0.5) is 5.69 Å². The molecule has 0 aliphatic rings. The second-order valence-electron chi connectivity index (χ2n) is 3.42. The number of benzene rings is 1. The van der Waals surface area contributed by atoms with Crippen LogP contribution in [-0.4, -0.2) is 16.9 Å². The molecule has 7 heteroatoms. The first-order valence-electron chi connectivity index (χ1n) is 5.03. The molecule has 0 fully saturated rings. The Hall–Kier alpha value is -1.89. The number of alkyl halides is 1. The summed E-state index contributed by atoms with van der Waals surface area (Å²) in [5, 5.41) is 11.9. The van der Waals surface area contributed by atoms with Gasteiger partial charge in [0.1, 0.15) is 6.61 Å². The molecule has 1 aromatic carbocycles. The lowest BCUT2D eigenvalue weighted by Crippen LogP contribution is -2.04. The van der Waals surface area contributed by atoms with Crippen molar-refractivity contribution in [2.75, 3.05) is 11.9 Å². The van der Waals surface area contributed by atoms with Gasteiger partial charge in [0.25, 0.3) is 11.6 Å². The van der Waals surface area contributed by atoms with Crippen LogP contribution < -0.4 is 10.4 Å². The van der Waals surface area contributed by atoms with Gasteiger partial charge in [0, 0.05) is 23.5 Å². The molecule has 0 spiro atoms. The van der Waals surface area contributed by atoms with E-state index in [1.807, 2.05) is 0 Å². The Morgan fingerprint density at radius 3 is 2.83 bits per heavy atom. The lowest BCUT2D eigenvalue weighted by Gasteiger charge is -2.03. The molecule has 6 nitrogen and oxygen atoms in total. The molecule has 0 saturated carbocycles. The third-order valence-electron chi connectivity index (χ3n) is 2.26. The lowest BCUT2D eigenvalue weighted by atomic mass is 10.1. The van der Waals surface area contributed by atoms with Crippen molar-refractivity contribution < 1.29 is 14.1 Å². The van der Waals surface area contributed by atoms with Crippen molar-refractivity contribution in [3.63, 3.8) is 0 Å². The third kappa shape index (κ3) is 2.51. The monoisotopic (exact) mass is 313 g/mol. The van der Waals surface area contributed by atoms with E-state index in [9.17, 15) is 14.9 Å². The molecule has 0 aliphatic carbocycles. The SMILES string of the molecule is O=c1oc(OCCBr)cc2ccc([N+](=O)[O-])cc12. The van der Waals surface area contributed by atoms with E-state index in [0.717, 1.165) is 0 Å². The third-order valence-corrected chi connectivity index (χ3v) is 2.58. The zero-order valence-electron chi connectivity index (χ0n) is 9.09. The Morgan fingerprint density at radius 1 is 1.39 bits per heavy atom. The first-order valence-corrected chi connectivity index (χ1v) is 6.15. The highest BCUT2D eigenvalue weighted by Crippen LogP contribution is 2.21. The highest BCUT2D eigenvalue weighted by molar-refractivity contribution is 9.09. The molecule has 0 saturated heterocycles. The molecule has 18 heavy (non-hydrogen) atoms. The van der Waals surface area contributed by atoms with Gasteiger partial charge in [-0.3, -0.25) is 10.1 Å². The van der Waals surface area contributed by atoms with E-state index in [1.54, 1.807) is 0 Å². The molecule has 0 bridgehead atoms. The van der Waals surface area contributed by atoms with Crippen molar-refractivity contribution in [3.05, 3.63) is 44.8 Å². The predicted molar refractivity (Wildman–Crippen MR) is 68.4 cm³/mol. The summed E-state index contributed by atoms with van der Waals surface area (Å²) in [6, 6.07) is 5.54. The number of non-ortho nitro benzene ring substituents is 1. The van der Waals surface area contributed by atoms with Crippen molar-refractivity contribution >= 4 is 32.4 Å². The van der Waals surface area contributed by atoms with Crippen LogP contribution in [0.2, 0.25) is 0 Å². The standard InChI is InChI=1S/C11H8BrNO5/c12-3-4-17-10-5-7-1-2-8(13(15)16)6-9(7)11(14)18-10/h1-2,5-6H,3-4H2. The molecule has 0 atom stereocenters. The first kappa shape index (κ1) is 12.6. The predicted octanol–water partition coefficient (Wildman–Crippen LogP) is 2.47. The van der Waals surface area contributed by atoms with Crippen LogP contribution in [0.1, 0.15) is 0 Å². The molecule has 0 unspecified atom stereocenters. The number of ether oxygens (including phenoxy) is 1. The van der Waals surface area contributed by atoms with Gasteiger partial charge in [-0.2, -0.15) is 0 Å². The maximum absolute atomic E-state index is 11.7. The van der Waals surface area contributed by atoms with Gasteiger partial charge < -0.3 is 9.15 Å². The van der Waals surface area contributed by atoms with Crippen molar-refractivity contribution in [1.29, 1.82) is 0 Å². The summed E-state index contributed by atoms with van der Waals surface area (Å²) in [7, 11) is 0. The van der Waals surface area contributed by atoms with Crippen LogP contribution in [-0.2, 0) is 0 Å². The minimum atomic E-state index is -0.652. The first-order chi connectivity index (χ1) is 8.61. The highest BCUT2D eigenvalue weighted by atomic mass is 79.9. The lowest BCUT2D eigenvalue weighted by molar-refractivity contribution is -0.384. The van der Waals surface area contributed by atoms with Crippen LogP contribution >= 0.6 is 15.9 Å². The summed E-state index contributed by atoms with van der Waals surface area (Å²) >= 11 is 3.18. The van der Waals surface area contributed by atoms with E-state index in [0.29, 0.717) is 17.3 Å². The van der Waals surface area contributed by atoms with Crippen LogP contribution in [0.25, 0.3) is 10.8 Å². The van der Waals surface area contributed by atoms with Gasteiger partial charge in [-0.25, -0.2) is 4.79 Å². The zero-order chi connectivity index (χ0) is 13.1. The Morgan fingerprint density at radius 2 is 2.17 bits per heavy atom. The zero-order valence-corrected chi connectivity index (χ0v) is 10.7. The smallest absolute Gasteiger partial charge is 0.346 e. The van der Waals surface area contributed by atoms with E-state index in [4.69, 9.17) is 9.15 Å². The fourth-order valence-corrected chi connectivity index (χ4v) is 1.64. The molecule has 1 aromatic heterocycles. The van der Waals surface area contributed by atoms with Crippen molar-refractivity contribution in [2.45, 2.75) is 0 Å². The molecular formula is C11H8BrNO5. The van der Waals surface area contributed by atoms with Gasteiger partial charge >= 0.3 is 5.63 Å². The number of nitrogens with zero attached hydrogens (tertiary/aromatic N) is 1. The van der Waals surface area contributed by atoms with Gasteiger partial charge in [-0.1, -0.05) is 15.9 Å². The van der Waals surface area contributed by atoms with Crippen LogP contribution in [0.5, 0.6) is 5.95 Å². The molecule has 2 aromatic rings. The van der Waals surface area contributed by atoms with Crippen molar-refractivity contribution in [3.8, 4) is 5.95 Å². The van der Waals surface area contributed by atoms with Crippen molar-refractivity contribution in [1.82, 2.24) is 0 Å². The summed E-state index contributed by atoms with van der Waals surface area (Å²) in [5.74, 6) is 0.0980. The molecule has 94 valence electrons. The van der Waals surface area contributed by atoms with Gasteiger partial charge in [0.2, 0.25) is 0 Å². The van der Waals surface area contributed by atoms with E-state index < -0.39 is 10.5 Å². The molecular weight excluding hydrogens is 306 g/mol. The Kier molecular flexibility index (Phi) is 3.61. The number of hydrogen-bond acceptors (Lipinski definition) is 5. The highest BCUT2D eigenvalue weighted by Gasteiger charge is 2.11. The summed E-state index contributed by atoms with van der Waals surface area (Å²) in [5.41, 5.74) is -0.801. The van der Waals surface area contributed by atoms with Crippen LogP contribution in [0.15, 0.2) is 33.5 Å². The number of nitro groups is 1. The average Bonchev–Trinajstić information content (AvgIpc) is 2.36. The molecule has 0 N–H and O–H groups in total. The maximum Gasteiger partial charge on any atom is 0.346 e. The molecule has 2 rings (SSSR count). The van der Waals surface area contributed by atoms with E-state index in [1.165, 1.54) is 24.3 Å². The second-order valence-corrected chi connectivity index (χ2v) is 4.21. The number of hydrogen-bond donors (Lipinski definition) is 0. The fraction of sp³-hybridized carbons (Fsp3) is 0.182. The van der Waals surface area contributed by atoms with Gasteiger partial charge in [0.05, 0.1) is 10.3 Å². The van der Waals surface area contributed by atoms with Gasteiger partial charge in [-0.15, -0.1) is 0 Å². The largest absolute Gasteiger partial charge is 0.464 e. The Balaban J connectivity index is 2.52. The number of nitro benzene ring substituents is 1. The maximum atomic E-state index is 11.7. The molecule has 0 aliphatic heterocycles. The molecule has 0 amide bonds. The van der Waals surface area contributed by atoms with Crippen LogP contribution in [0, 0.1) is 10.1 Å². The second kappa shape index (κ2) is 5.18. The van der Waals surface area contributed by atoms with E-state index >= 15 is 0 Å². The number of fused-ring (bicyclic) bond motifs is 1. The summed E-state index contributed by atoms with van der Waals surface area (Å²) in [6.45, 7) is 0.363. The summed E-state index contributed by atoms with van der Waals surface area (Å²) in [4.78, 5) is 21.7. The van der Waals surface area contributed by atoms with Gasteiger partial charge in [-0.05, 0) is 11.5 Å². The summed E-state index contributed by atoms with van der Waals surface area (Å²) in [6.07, 6.45) is 0. The average molecular weight is 314 g/mol. The minimum absolute atomic E-state index is 0.0980.